The van der Waals surface area contributed by atoms with E-state index in [1.165, 1.54) is 5.56 Å². The normalized spacial score (nSPS) is 11.0. The first-order valence-electron chi connectivity index (χ1n) is 7.48. The van der Waals surface area contributed by atoms with Crippen LogP contribution in [0.15, 0.2) is 77.3 Å². The minimum Gasteiger partial charge on any atom is -0.440 e. The molecule has 0 aliphatic rings. The van der Waals surface area contributed by atoms with Crippen molar-refractivity contribution in [3.8, 4) is 17.1 Å². The molecule has 3 heteroatoms. The number of fused-ring (bicyclic) bond motifs is 1. The Morgan fingerprint density at radius 3 is 2.52 bits per heavy atom. The molecule has 0 N–H and O–H groups in total. The van der Waals surface area contributed by atoms with Crippen molar-refractivity contribution in [3.63, 3.8) is 0 Å². The molecule has 0 saturated heterocycles. The van der Waals surface area contributed by atoms with Crippen LogP contribution in [0.5, 0.6) is 5.75 Å². The Kier molecular flexibility index (Phi) is 3.31. The lowest BCUT2D eigenvalue weighted by molar-refractivity contribution is 0.355. The van der Waals surface area contributed by atoms with Crippen molar-refractivity contribution in [1.82, 2.24) is 4.98 Å². The van der Waals surface area contributed by atoms with Gasteiger partial charge in [0.05, 0.1) is 6.20 Å². The lowest BCUT2D eigenvalue weighted by atomic mass is 10.1. The van der Waals surface area contributed by atoms with E-state index in [-0.39, 0.29) is 5.75 Å². The number of benzene rings is 3. The van der Waals surface area contributed by atoms with Crippen molar-refractivity contribution < 1.29 is 9.52 Å². The summed E-state index contributed by atoms with van der Waals surface area (Å²) in [7, 11) is 0. The molecule has 0 bridgehead atoms. The summed E-state index contributed by atoms with van der Waals surface area (Å²) in [6.45, 7) is 0. The van der Waals surface area contributed by atoms with Crippen molar-refractivity contribution in [3.05, 3.63) is 84.4 Å². The van der Waals surface area contributed by atoms with Crippen LogP contribution in [0.1, 0.15) is 11.5 Å². The second kappa shape index (κ2) is 5.61. The zero-order chi connectivity index (χ0) is 15.6. The third-order valence-electron chi connectivity index (χ3n) is 3.85. The summed E-state index contributed by atoms with van der Waals surface area (Å²) in [5, 5.41) is 13.3. The minimum atomic E-state index is 0.0232. The molecule has 3 nitrogen and oxygen atoms in total. The second-order valence-electron chi connectivity index (χ2n) is 5.50. The summed E-state index contributed by atoms with van der Waals surface area (Å²) < 4.78 is 5.87. The molecule has 3 aromatic carbocycles. The molecule has 1 heterocycles. The molecular weight excluding hydrogens is 286 g/mol. The highest BCUT2D eigenvalue weighted by Gasteiger charge is 2.08. The molecule has 0 saturated carbocycles. The first-order valence-corrected chi connectivity index (χ1v) is 7.48. The van der Waals surface area contributed by atoms with Gasteiger partial charge in [-0.2, -0.15) is 0 Å². The molecule has 0 atom stereocenters. The van der Waals surface area contributed by atoms with Crippen LogP contribution in [0.3, 0.4) is 0 Å². The van der Waals surface area contributed by atoms with Gasteiger partial charge < -0.3 is 4.42 Å². The fourth-order valence-corrected chi connectivity index (χ4v) is 2.67. The molecule has 0 aliphatic carbocycles. The summed E-state index contributed by atoms with van der Waals surface area (Å²) in [5.41, 5.74) is 2.13. The highest BCUT2D eigenvalue weighted by molar-refractivity contribution is 5.87. The van der Waals surface area contributed by atoms with Gasteiger partial charge >= 0.3 is 0 Å². The highest BCUT2D eigenvalue weighted by Crippen LogP contribution is 2.27. The van der Waals surface area contributed by atoms with E-state index in [1.54, 1.807) is 18.3 Å². The van der Waals surface area contributed by atoms with Gasteiger partial charge in [0.1, 0.15) is 0 Å². The predicted octanol–water partition coefficient (Wildman–Crippen LogP) is 5.23. The molecule has 0 amide bonds. The quantitative estimate of drug-likeness (QED) is 0.520. The van der Waals surface area contributed by atoms with Crippen molar-refractivity contribution in [2.24, 2.45) is 0 Å². The molecule has 0 spiro atoms. The maximum Gasteiger partial charge on any atom is 0.199 e. The molecule has 111 valence electrons. The van der Waals surface area contributed by atoms with E-state index >= 15 is 0 Å². The summed E-state index contributed by atoms with van der Waals surface area (Å²) in [6, 6.07) is 21.1. The van der Waals surface area contributed by atoms with Crippen LogP contribution in [-0.2, 0) is 11.5 Å². The van der Waals surface area contributed by atoms with E-state index in [4.69, 9.17) is 4.42 Å². The highest BCUT2D eigenvalue weighted by atomic mass is 16.4. The Labute approximate surface area is 133 Å². The van der Waals surface area contributed by atoms with Gasteiger partial charge in [-0.3, -0.25) is 5.11 Å². The van der Waals surface area contributed by atoms with Crippen molar-refractivity contribution in [2.45, 2.75) is 6.42 Å². The third-order valence-corrected chi connectivity index (χ3v) is 3.85. The first-order chi connectivity index (χ1) is 11.3. The van der Waals surface area contributed by atoms with Crippen molar-refractivity contribution in [2.75, 3.05) is 0 Å². The predicted molar refractivity (Wildman–Crippen MR) is 88.8 cm³/mol. The first kappa shape index (κ1) is 13.6. The van der Waals surface area contributed by atoms with E-state index in [9.17, 15) is 5.11 Å². The standard InChI is InChI=1S/C20H14NO2/c22-18-9-8-15-11-17(7-6-16(15)12-18)19-13-21-20(23-19)10-14-4-2-1-3-5-14/h1-9,11-13H,10H2. The Morgan fingerprint density at radius 2 is 1.65 bits per heavy atom. The zero-order valence-corrected chi connectivity index (χ0v) is 12.4. The van der Waals surface area contributed by atoms with Gasteiger partial charge in [-0.1, -0.05) is 48.5 Å². The summed E-state index contributed by atoms with van der Waals surface area (Å²) in [5.74, 6) is 1.46. The van der Waals surface area contributed by atoms with Crippen molar-refractivity contribution >= 4 is 10.8 Å². The van der Waals surface area contributed by atoms with Gasteiger partial charge in [-0.05, 0) is 34.5 Å². The fourth-order valence-electron chi connectivity index (χ4n) is 2.67. The molecule has 1 aromatic heterocycles. The van der Waals surface area contributed by atoms with Crippen LogP contribution < -0.4 is 0 Å². The number of hydrogen-bond acceptors (Lipinski definition) is 2. The van der Waals surface area contributed by atoms with Crippen LogP contribution in [0.4, 0.5) is 0 Å². The average Bonchev–Trinajstić information content (AvgIpc) is 3.04. The van der Waals surface area contributed by atoms with Gasteiger partial charge in [0.15, 0.2) is 17.4 Å². The maximum absolute atomic E-state index is 11.4. The number of oxazole rings is 1. The topological polar surface area (TPSA) is 45.9 Å². The van der Waals surface area contributed by atoms with Crippen LogP contribution in [0.2, 0.25) is 0 Å². The van der Waals surface area contributed by atoms with E-state index in [1.807, 2.05) is 42.5 Å². The summed E-state index contributed by atoms with van der Waals surface area (Å²) >= 11 is 0. The number of hydrogen-bond donors (Lipinski definition) is 0. The Bertz CT molecular complexity index is 958. The monoisotopic (exact) mass is 300 g/mol. The average molecular weight is 300 g/mol. The molecule has 1 radical (unpaired) electrons. The molecule has 4 rings (SSSR count). The number of nitrogens with zero attached hydrogens (tertiary/aromatic N) is 1. The van der Waals surface area contributed by atoms with Gasteiger partial charge in [0.2, 0.25) is 0 Å². The lowest BCUT2D eigenvalue weighted by Gasteiger charge is -2.01. The van der Waals surface area contributed by atoms with Crippen molar-refractivity contribution in [1.29, 1.82) is 0 Å². The number of rotatable bonds is 3. The second-order valence-corrected chi connectivity index (χ2v) is 5.50. The van der Waals surface area contributed by atoms with Crippen LogP contribution >= 0.6 is 0 Å². The molecular formula is C20H14NO2. The van der Waals surface area contributed by atoms with E-state index in [0.717, 1.165) is 22.1 Å². The summed E-state index contributed by atoms with van der Waals surface area (Å²) in [6.07, 6.45) is 2.43. The minimum absolute atomic E-state index is 0.0232. The Morgan fingerprint density at radius 1 is 0.870 bits per heavy atom. The van der Waals surface area contributed by atoms with Gasteiger partial charge in [0.25, 0.3) is 0 Å². The molecule has 0 unspecified atom stereocenters. The zero-order valence-electron chi connectivity index (χ0n) is 12.4. The van der Waals surface area contributed by atoms with Crippen LogP contribution in [0, 0.1) is 0 Å². The number of aromatic nitrogens is 1. The third kappa shape index (κ3) is 2.81. The SMILES string of the molecule is [O]c1ccc2cc(-c3cnc(Cc4ccccc4)o3)ccc2c1. The molecule has 0 fully saturated rings. The Balaban J connectivity index is 1.64. The van der Waals surface area contributed by atoms with Crippen LogP contribution in [0.25, 0.3) is 22.1 Å². The Hall–Kier alpha value is -3.07. The largest absolute Gasteiger partial charge is 0.440 e. The van der Waals surface area contributed by atoms with E-state index in [0.29, 0.717) is 12.3 Å². The lowest BCUT2D eigenvalue weighted by Crippen LogP contribution is -1.86. The van der Waals surface area contributed by atoms with Gasteiger partial charge in [0, 0.05) is 12.0 Å². The molecule has 4 aromatic rings. The van der Waals surface area contributed by atoms with Gasteiger partial charge in [-0.15, -0.1) is 0 Å². The fraction of sp³-hybridized carbons (Fsp3) is 0.0500. The summed E-state index contributed by atoms with van der Waals surface area (Å²) in [4.78, 5) is 4.37. The van der Waals surface area contributed by atoms with Crippen LogP contribution in [-0.4, -0.2) is 4.98 Å². The van der Waals surface area contributed by atoms with Gasteiger partial charge in [-0.25, -0.2) is 4.98 Å². The smallest absolute Gasteiger partial charge is 0.199 e. The van der Waals surface area contributed by atoms with E-state index < -0.39 is 0 Å². The molecule has 23 heavy (non-hydrogen) atoms. The maximum atomic E-state index is 11.4. The van der Waals surface area contributed by atoms with E-state index in [2.05, 4.69) is 17.1 Å². The molecule has 0 aliphatic heterocycles.